The van der Waals surface area contributed by atoms with Crippen LogP contribution < -0.4 is 0 Å². The molecule has 2 aromatic rings. The Balaban J connectivity index is 1.70. The van der Waals surface area contributed by atoms with Gasteiger partial charge in [0.2, 0.25) is 10.0 Å². The molecule has 27 heavy (non-hydrogen) atoms. The van der Waals surface area contributed by atoms with Crippen LogP contribution in [0, 0.1) is 11.6 Å². The van der Waals surface area contributed by atoms with Gasteiger partial charge >= 0.3 is 0 Å². The van der Waals surface area contributed by atoms with Gasteiger partial charge < -0.3 is 4.90 Å². The van der Waals surface area contributed by atoms with Crippen molar-refractivity contribution in [2.24, 2.45) is 0 Å². The van der Waals surface area contributed by atoms with E-state index in [4.69, 9.17) is 0 Å². The molecule has 0 unspecified atom stereocenters. The average molecular weight is 414 g/mol. The van der Waals surface area contributed by atoms with Gasteiger partial charge in [-0.1, -0.05) is 0 Å². The van der Waals surface area contributed by atoms with E-state index in [0.717, 1.165) is 27.8 Å². The monoisotopic (exact) mass is 414 g/mol. The number of sulfonamides is 1. The third kappa shape index (κ3) is 3.92. The molecule has 1 aromatic carbocycles. The molecule has 1 aromatic heterocycles. The van der Waals surface area contributed by atoms with Gasteiger partial charge in [-0.2, -0.15) is 4.31 Å². The fraction of sp³-hybridized carbons (Fsp3) is 0.294. The van der Waals surface area contributed by atoms with Gasteiger partial charge in [-0.05, 0) is 31.2 Å². The molecular formula is C17H16F2N2O4S2. The minimum atomic E-state index is -4.12. The second kappa shape index (κ2) is 7.45. The minimum Gasteiger partial charge on any atom is -0.335 e. The largest absolute Gasteiger partial charge is 0.335 e. The molecule has 144 valence electrons. The summed E-state index contributed by atoms with van der Waals surface area (Å²) in [4.78, 5) is 25.6. The predicted octanol–water partition coefficient (Wildman–Crippen LogP) is 2.38. The second-order valence-corrected chi connectivity index (χ2v) is 8.98. The first kappa shape index (κ1) is 19.6. The topological polar surface area (TPSA) is 74.8 Å². The number of carbonyl (C=O) groups excluding carboxylic acids is 2. The lowest BCUT2D eigenvalue weighted by Crippen LogP contribution is -2.50. The summed E-state index contributed by atoms with van der Waals surface area (Å²) in [6.45, 7) is 1.67. The summed E-state index contributed by atoms with van der Waals surface area (Å²) in [7, 11) is -4.12. The highest BCUT2D eigenvalue weighted by atomic mass is 32.2. The molecule has 1 amide bonds. The molecule has 0 N–H and O–H groups in total. The molecule has 0 aliphatic carbocycles. The third-order valence-electron chi connectivity index (χ3n) is 4.20. The number of halogens is 2. The first-order valence-corrected chi connectivity index (χ1v) is 10.3. The highest BCUT2D eigenvalue weighted by Crippen LogP contribution is 2.23. The van der Waals surface area contributed by atoms with Gasteiger partial charge in [0.25, 0.3) is 5.91 Å². The standard InChI is InChI=1S/C17H16F2N2O4S2/c1-11(22)14-3-4-15(26-14)17(23)20-6-8-21(9-7-20)27(24,25)16-5-2-12(18)10-13(16)19/h2-5,10H,6-9H2,1H3. The first-order chi connectivity index (χ1) is 12.7. The highest BCUT2D eigenvalue weighted by molar-refractivity contribution is 7.89. The van der Waals surface area contributed by atoms with E-state index >= 15 is 0 Å². The van der Waals surface area contributed by atoms with Gasteiger partial charge in [-0.25, -0.2) is 17.2 Å². The number of hydrogen-bond donors (Lipinski definition) is 0. The Labute approximate surface area is 159 Å². The van der Waals surface area contributed by atoms with Crippen LogP contribution in [0.3, 0.4) is 0 Å². The second-order valence-electron chi connectivity index (χ2n) is 5.99. The van der Waals surface area contributed by atoms with Crippen LogP contribution in [0.15, 0.2) is 35.2 Å². The Hall–Kier alpha value is -2.17. The van der Waals surface area contributed by atoms with Crippen LogP contribution in [0.25, 0.3) is 0 Å². The smallest absolute Gasteiger partial charge is 0.264 e. The number of carbonyl (C=O) groups is 2. The number of hydrogen-bond acceptors (Lipinski definition) is 5. The molecule has 0 saturated carbocycles. The molecule has 3 rings (SSSR count). The van der Waals surface area contributed by atoms with E-state index in [1.807, 2.05) is 0 Å². The molecule has 1 saturated heterocycles. The summed E-state index contributed by atoms with van der Waals surface area (Å²) < 4.78 is 53.1. The molecular weight excluding hydrogens is 398 g/mol. The molecule has 1 fully saturated rings. The van der Waals surface area contributed by atoms with Crippen LogP contribution >= 0.6 is 11.3 Å². The lowest BCUT2D eigenvalue weighted by atomic mass is 10.3. The minimum absolute atomic E-state index is 0.00414. The highest BCUT2D eigenvalue weighted by Gasteiger charge is 2.32. The van der Waals surface area contributed by atoms with Gasteiger partial charge in [-0.3, -0.25) is 9.59 Å². The van der Waals surface area contributed by atoms with E-state index in [1.165, 1.54) is 11.8 Å². The number of nitrogens with zero attached hydrogens (tertiary/aromatic N) is 2. The number of thiophene rings is 1. The third-order valence-corrected chi connectivity index (χ3v) is 7.31. The number of ketones is 1. The molecule has 1 aliphatic heterocycles. The van der Waals surface area contributed by atoms with Crippen molar-refractivity contribution in [1.82, 2.24) is 9.21 Å². The molecule has 2 heterocycles. The molecule has 1 aliphatic rings. The lowest BCUT2D eigenvalue weighted by Gasteiger charge is -2.33. The maximum Gasteiger partial charge on any atom is 0.264 e. The van der Waals surface area contributed by atoms with Crippen LogP contribution in [0.1, 0.15) is 26.3 Å². The van der Waals surface area contributed by atoms with E-state index in [2.05, 4.69) is 0 Å². The van der Waals surface area contributed by atoms with Crippen LogP contribution in [-0.2, 0) is 10.0 Å². The maximum atomic E-state index is 13.9. The molecule has 0 atom stereocenters. The molecule has 10 heteroatoms. The van der Waals surface area contributed by atoms with Crippen molar-refractivity contribution in [3.8, 4) is 0 Å². The SMILES string of the molecule is CC(=O)c1ccc(C(=O)N2CCN(S(=O)(=O)c3ccc(F)cc3F)CC2)s1. The Morgan fingerprint density at radius 1 is 1.00 bits per heavy atom. The lowest BCUT2D eigenvalue weighted by molar-refractivity contribution is 0.0702. The predicted molar refractivity (Wildman–Crippen MR) is 95.3 cm³/mol. The van der Waals surface area contributed by atoms with Gasteiger partial charge in [0.15, 0.2) is 5.78 Å². The first-order valence-electron chi connectivity index (χ1n) is 8.05. The van der Waals surface area contributed by atoms with Gasteiger partial charge in [0.05, 0.1) is 9.75 Å². The number of amides is 1. The van der Waals surface area contributed by atoms with Crippen LogP contribution in [0.2, 0.25) is 0 Å². The molecule has 0 bridgehead atoms. The van der Waals surface area contributed by atoms with Gasteiger partial charge in [0, 0.05) is 32.2 Å². The van der Waals surface area contributed by atoms with Gasteiger partial charge in [-0.15, -0.1) is 11.3 Å². The fourth-order valence-electron chi connectivity index (χ4n) is 2.75. The Bertz CT molecular complexity index is 996. The van der Waals surface area contributed by atoms with Crippen LogP contribution in [-0.4, -0.2) is 55.5 Å². The van der Waals surface area contributed by atoms with E-state index in [0.29, 0.717) is 15.8 Å². The van der Waals surface area contributed by atoms with Crippen molar-refractivity contribution in [2.45, 2.75) is 11.8 Å². The Kier molecular flexibility index (Phi) is 5.41. The zero-order valence-corrected chi connectivity index (χ0v) is 15.9. The van der Waals surface area contributed by atoms with Crippen LogP contribution in [0.5, 0.6) is 0 Å². The van der Waals surface area contributed by atoms with E-state index in [-0.39, 0.29) is 37.9 Å². The summed E-state index contributed by atoms with van der Waals surface area (Å²) in [6.07, 6.45) is 0. The summed E-state index contributed by atoms with van der Waals surface area (Å²) in [5.41, 5.74) is 0. The van der Waals surface area contributed by atoms with E-state index < -0.39 is 26.6 Å². The van der Waals surface area contributed by atoms with Crippen molar-refractivity contribution in [2.75, 3.05) is 26.2 Å². The van der Waals surface area contributed by atoms with Crippen molar-refractivity contribution < 1.29 is 26.8 Å². The number of rotatable bonds is 4. The van der Waals surface area contributed by atoms with Crippen molar-refractivity contribution >= 4 is 33.1 Å². The number of Topliss-reactive ketones (excluding diaryl/α,β-unsaturated/α-hetero) is 1. The molecule has 6 nitrogen and oxygen atoms in total. The van der Waals surface area contributed by atoms with Crippen molar-refractivity contribution in [1.29, 1.82) is 0 Å². The normalized spacial score (nSPS) is 15.7. The average Bonchev–Trinajstić information content (AvgIpc) is 3.11. The summed E-state index contributed by atoms with van der Waals surface area (Å²) in [5.74, 6) is -2.42. The summed E-state index contributed by atoms with van der Waals surface area (Å²) >= 11 is 1.09. The van der Waals surface area contributed by atoms with Gasteiger partial charge in [0.1, 0.15) is 16.5 Å². The van der Waals surface area contributed by atoms with E-state index in [9.17, 15) is 26.8 Å². The quantitative estimate of drug-likeness (QED) is 0.720. The molecule has 0 radical (unpaired) electrons. The maximum absolute atomic E-state index is 13.9. The zero-order chi connectivity index (χ0) is 19.8. The van der Waals surface area contributed by atoms with Crippen molar-refractivity contribution in [3.05, 3.63) is 51.7 Å². The Morgan fingerprint density at radius 2 is 1.63 bits per heavy atom. The van der Waals surface area contributed by atoms with Crippen LogP contribution in [0.4, 0.5) is 8.78 Å². The zero-order valence-electron chi connectivity index (χ0n) is 14.3. The molecule has 0 spiro atoms. The summed E-state index contributed by atoms with van der Waals surface area (Å²) in [5, 5.41) is 0. The van der Waals surface area contributed by atoms with E-state index in [1.54, 1.807) is 12.1 Å². The summed E-state index contributed by atoms with van der Waals surface area (Å²) in [6, 6.07) is 5.46. The Morgan fingerprint density at radius 3 is 2.19 bits per heavy atom. The number of piperazine rings is 1. The van der Waals surface area contributed by atoms with Crippen molar-refractivity contribution in [3.63, 3.8) is 0 Å². The number of benzene rings is 1. The fourth-order valence-corrected chi connectivity index (χ4v) is 5.09.